The van der Waals surface area contributed by atoms with Gasteiger partial charge in [-0.05, 0) is 43.5 Å². The van der Waals surface area contributed by atoms with Crippen molar-refractivity contribution in [3.05, 3.63) is 35.5 Å². The second-order valence-corrected chi connectivity index (χ2v) is 8.74. The molecule has 1 aromatic heterocycles. The Morgan fingerprint density at radius 1 is 1.19 bits per heavy atom. The zero-order valence-electron chi connectivity index (χ0n) is 17.3. The zero-order valence-corrected chi connectivity index (χ0v) is 18.1. The number of aliphatic carboxylic acids is 1. The molecule has 0 aliphatic carbocycles. The third-order valence-corrected chi connectivity index (χ3v) is 5.66. The second kappa shape index (κ2) is 9.52. The normalized spacial score (nSPS) is 19.5. The molecule has 1 aliphatic heterocycles. The molecular formula is C21H24FN3O5S. The van der Waals surface area contributed by atoms with Crippen molar-refractivity contribution in [2.45, 2.75) is 45.4 Å². The maximum atomic E-state index is 13.1. The molecule has 4 unspecified atom stereocenters. The molecule has 0 bridgehead atoms. The van der Waals surface area contributed by atoms with E-state index in [0.29, 0.717) is 17.2 Å². The summed E-state index contributed by atoms with van der Waals surface area (Å²) in [5, 5.41) is 16.5. The zero-order chi connectivity index (χ0) is 22.7. The molecule has 166 valence electrons. The van der Waals surface area contributed by atoms with Gasteiger partial charge in [0.15, 0.2) is 17.3 Å². The fourth-order valence-corrected chi connectivity index (χ4v) is 3.96. The summed E-state index contributed by atoms with van der Waals surface area (Å²) in [4.78, 5) is 40.4. The fraction of sp³-hybridized carbons (Fsp3) is 0.429. The highest BCUT2D eigenvalue weighted by Crippen LogP contribution is 2.27. The SMILES string of the molecule is CC(C)CC(C(=O)Nc1nc(-c2ccc(F)cc2)cs1)C(C)NC(=O)C1OC1C(=O)O. The maximum absolute atomic E-state index is 13.1. The molecule has 2 aromatic rings. The van der Waals surface area contributed by atoms with Crippen molar-refractivity contribution in [1.82, 2.24) is 10.3 Å². The highest BCUT2D eigenvalue weighted by molar-refractivity contribution is 7.14. The van der Waals surface area contributed by atoms with Crippen LogP contribution in [-0.2, 0) is 19.1 Å². The van der Waals surface area contributed by atoms with Crippen LogP contribution in [0.1, 0.15) is 27.2 Å². The Bertz CT molecular complexity index is 962. The molecule has 1 fully saturated rings. The number of ether oxygens (including phenoxy) is 1. The van der Waals surface area contributed by atoms with Crippen molar-refractivity contribution in [3.63, 3.8) is 0 Å². The van der Waals surface area contributed by atoms with Gasteiger partial charge in [0, 0.05) is 17.0 Å². The monoisotopic (exact) mass is 449 g/mol. The van der Waals surface area contributed by atoms with Crippen LogP contribution in [0.2, 0.25) is 0 Å². The highest BCUT2D eigenvalue weighted by atomic mass is 32.1. The van der Waals surface area contributed by atoms with E-state index in [1.54, 1.807) is 24.4 Å². The quantitative estimate of drug-likeness (QED) is 0.506. The van der Waals surface area contributed by atoms with E-state index in [-0.39, 0.29) is 17.6 Å². The number of aromatic nitrogens is 1. The number of hydrogen-bond acceptors (Lipinski definition) is 6. The standard InChI is InChI=1S/C21H24FN3O5S/c1-10(2)8-14(11(3)23-19(27)16-17(30-16)20(28)29)18(26)25-21-24-15(9-31-21)12-4-6-13(22)7-5-12/h4-7,9-11,14,16-17H,8H2,1-3H3,(H,23,27)(H,28,29)(H,24,25,26). The van der Waals surface area contributed by atoms with Gasteiger partial charge >= 0.3 is 5.97 Å². The lowest BCUT2D eigenvalue weighted by molar-refractivity contribution is -0.138. The largest absolute Gasteiger partial charge is 0.479 e. The van der Waals surface area contributed by atoms with Gasteiger partial charge in [0.2, 0.25) is 5.91 Å². The molecule has 0 saturated carbocycles. The first kappa shape index (κ1) is 22.8. The summed E-state index contributed by atoms with van der Waals surface area (Å²) < 4.78 is 18.0. The highest BCUT2D eigenvalue weighted by Gasteiger charge is 2.51. The minimum atomic E-state index is -1.19. The number of benzene rings is 1. The van der Waals surface area contributed by atoms with Crippen LogP contribution in [0.3, 0.4) is 0 Å². The van der Waals surface area contributed by atoms with Crippen molar-refractivity contribution in [2.24, 2.45) is 11.8 Å². The van der Waals surface area contributed by atoms with E-state index in [2.05, 4.69) is 15.6 Å². The van der Waals surface area contributed by atoms with Gasteiger partial charge in [0.25, 0.3) is 5.91 Å². The number of epoxide rings is 1. The Kier molecular flexibility index (Phi) is 7.01. The van der Waals surface area contributed by atoms with Gasteiger partial charge in [0.05, 0.1) is 11.6 Å². The number of carbonyl (C=O) groups excluding carboxylic acids is 2. The summed E-state index contributed by atoms with van der Waals surface area (Å²) in [7, 11) is 0. The number of thiazole rings is 1. The summed E-state index contributed by atoms with van der Waals surface area (Å²) in [5.74, 6) is -2.74. The number of hydrogen-bond donors (Lipinski definition) is 3. The van der Waals surface area contributed by atoms with Crippen molar-refractivity contribution >= 4 is 34.3 Å². The summed E-state index contributed by atoms with van der Waals surface area (Å²) >= 11 is 1.25. The molecule has 1 aliphatic rings. The third kappa shape index (κ3) is 5.86. The number of carboxylic acids is 1. The second-order valence-electron chi connectivity index (χ2n) is 7.88. The molecule has 0 radical (unpaired) electrons. The Labute approximate surface area is 182 Å². The van der Waals surface area contributed by atoms with Gasteiger partial charge in [-0.3, -0.25) is 9.59 Å². The van der Waals surface area contributed by atoms with Gasteiger partial charge in [-0.1, -0.05) is 13.8 Å². The van der Waals surface area contributed by atoms with E-state index in [0.717, 1.165) is 5.56 Å². The third-order valence-electron chi connectivity index (χ3n) is 4.90. The lowest BCUT2D eigenvalue weighted by atomic mass is 9.90. The van der Waals surface area contributed by atoms with E-state index < -0.39 is 36.0 Å². The van der Waals surface area contributed by atoms with E-state index in [1.165, 1.54) is 23.5 Å². The number of anilines is 1. The number of nitrogens with one attached hydrogen (secondary N) is 2. The average Bonchev–Trinajstić information content (AvgIpc) is 3.39. The molecule has 10 heteroatoms. The van der Waals surface area contributed by atoms with E-state index in [4.69, 9.17) is 9.84 Å². The van der Waals surface area contributed by atoms with E-state index in [9.17, 15) is 18.8 Å². The summed E-state index contributed by atoms with van der Waals surface area (Å²) in [6.07, 6.45) is -1.65. The van der Waals surface area contributed by atoms with Crippen LogP contribution in [0, 0.1) is 17.7 Å². The Balaban J connectivity index is 1.65. The van der Waals surface area contributed by atoms with Crippen LogP contribution >= 0.6 is 11.3 Å². The van der Waals surface area contributed by atoms with Crippen LogP contribution < -0.4 is 10.6 Å². The number of nitrogens with zero attached hydrogens (tertiary/aromatic N) is 1. The number of carbonyl (C=O) groups is 3. The van der Waals surface area contributed by atoms with Gasteiger partial charge in [-0.2, -0.15) is 0 Å². The van der Waals surface area contributed by atoms with Crippen LogP contribution in [0.15, 0.2) is 29.6 Å². The molecule has 2 heterocycles. The molecular weight excluding hydrogens is 425 g/mol. The predicted octanol–water partition coefficient (Wildman–Crippen LogP) is 2.91. The molecule has 3 rings (SSSR count). The predicted molar refractivity (Wildman–Crippen MR) is 113 cm³/mol. The number of halogens is 1. The van der Waals surface area contributed by atoms with Crippen molar-refractivity contribution in [3.8, 4) is 11.3 Å². The van der Waals surface area contributed by atoms with Crippen molar-refractivity contribution in [2.75, 3.05) is 5.32 Å². The first-order valence-corrected chi connectivity index (χ1v) is 10.7. The van der Waals surface area contributed by atoms with Gasteiger partial charge in [0.1, 0.15) is 5.82 Å². The molecule has 4 atom stereocenters. The van der Waals surface area contributed by atoms with E-state index >= 15 is 0 Å². The lowest BCUT2D eigenvalue weighted by Gasteiger charge is -2.25. The lowest BCUT2D eigenvalue weighted by Crippen LogP contribution is -2.45. The summed E-state index contributed by atoms with van der Waals surface area (Å²) in [5.41, 5.74) is 1.35. The van der Waals surface area contributed by atoms with Crippen molar-refractivity contribution < 1.29 is 28.6 Å². The van der Waals surface area contributed by atoms with Gasteiger partial charge < -0.3 is 20.5 Å². The Morgan fingerprint density at radius 3 is 2.45 bits per heavy atom. The van der Waals surface area contributed by atoms with Crippen LogP contribution in [0.5, 0.6) is 0 Å². The molecule has 31 heavy (non-hydrogen) atoms. The first-order chi connectivity index (χ1) is 14.7. The number of amides is 2. The average molecular weight is 450 g/mol. The van der Waals surface area contributed by atoms with Crippen LogP contribution in [0.25, 0.3) is 11.3 Å². The molecule has 1 saturated heterocycles. The maximum Gasteiger partial charge on any atom is 0.336 e. The first-order valence-electron chi connectivity index (χ1n) is 9.86. The molecule has 0 spiro atoms. The Morgan fingerprint density at radius 2 is 1.87 bits per heavy atom. The molecule has 3 N–H and O–H groups in total. The number of carboxylic acid groups (broad SMARTS) is 1. The van der Waals surface area contributed by atoms with Crippen molar-refractivity contribution in [1.29, 1.82) is 0 Å². The minimum absolute atomic E-state index is 0.185. The topological polar surface area (TPSA) is 121 Å². The van der Waals surface area contributed by atoms with Gasteiger partial charge in [-0.25, -0.2) is 14.2 Å². The van der Waals surface area contributed by atoms with Crippen LogP contribution in [-0.4, -0.2) is 46.1 Å². The molecule has 8 nitrogen and oxygen atoms in total. The minimum Gasteiger partial charge on any atom is -0.479 e. The summed E-state index contributed by atoms with van der Waals surface area (Å²) in [6, 6.07) is 5.37. The van der Waals surface area contributed by atoms with Crippen LogP contribution in [0.4, 0.5) is 9.52 Å². The smallest absolute Gasteiger partial charge is 0.336 e. The number of rotatable bonds is 9. The fourth-order valence-electron chi connectivity index (χ4n) is 3.24. The Hall–Kier alpha value is -2.85. The molecule has 2 amide bonds. The molecule has 1 aromatic carbocycles. The summed E-state index contributed by atoms with van der Waals surface area (Å²) in [6.45, 7) is 5.64. The van der Waals surface area contributed by atoms with Gasteiger partial charge in [-0.15, -0.1) is 11.3 Å². The van der Waals surface area contributed by atoms with E-state index in [1.807, 2.05) is 13.8 Å².